The third-order valence-corrected chi connectivity index (χ3v) is 17.2. The van der Waals surface area contributed by atoms with Gasteiger partial charge in [0.05, 0.1) is 25.4 Å². The molecule has 6 nitrogen and oxygen atoms in total. The third-order valence-electron chi connectivity index (χ3n) is 17.2. The highest BCUT2D eigenvalue weighted by Crippen LogP contribution is 2.19. The molecule has 3 N–H and O–H groups in total. The monoisotopic (exact) mass is 1130 g/mol. The number of hydrogen-bond donors (Lipinski definition) is 3. The Bertz CT molecular complexity index is 1250. The zero-order valence-electron chi connectivity index (χ0n) is 54.3. The van der Waals surface area contributed by atoms with E-state index in [9.17, 15) is 19.8 Å². The molecule has 0 saturated heterocycles. The van der Waals surface area contributed by atoms with Gasteiger partial charge in [-0.15, -0.1) is 0 Å². The Hall–Kier alpha value is -1.66. The first-order valence-electron chi connectivity index (χ1n) is 36.6. The van der Waals surface area contributed by atoms with E-state index in [1.807, 2.05) is 6.08 Å². The van der Waals surface area contributed by atoms with Gasteiger partial charge in [0.2, 0.25) is 5.91 Å². The fraction of sp³-hybridized carbons (Fsp3) is 0.919. The molecule has 0 rings (SSSR count). The number of rotatable bonds is 69. The molecular formula is C74H143NO5. The Morgan fingerprint density at radius 3 is 0.887 bits per heavy atom. The van der Waals surface area contributed by atoms with Crippen LogP contribution in [-0.4, -0.2) is 47.4 Å². The van der Waals surface area contributed by atoms with Crippen molar-refractivity contribution < 1.29 is 24.5 Å². The van der Waals surface area contributed by atoms with Crippen molar-refractivity contribution in [1.29, 1.82) is 0 Å². The average Bonchev–Trinajstić information content (AvgIpc) is 3.46. The first-order chi connectivity index (χ1) is 39.5. The fourth-order valence-electron chi connectivity index (χ4n) is 11.6. The van der Waals surface area contributed by atoms with Crippen molar-refractivity contribution in [3.8, 4) is 0 Å². The maximum absolute atomic E-state index is 12.5. The van der Waals surface area contributed by atoms with Crippen LogP contribution in [0.2, 0.25) is 0 Å². The zero-order chi connectivity index (χ0) is 57.8. The highest BCUT2D eigenvalue weighted by Gasteiger charge is 2.18. The molecule has 0 spiro atoms. The van der Waals surface area contributed by atoms with Crippen LogP contribution in [0.15, 0.2) is 24.3 Å². The summed E-state index contributed by atoms with van der Waals surface area (Å²) in [6.45, 7) is 4.95. The zero-order valence-corrected chi connectivity index (χ0v) is 54.3. The number of hydrogen-bond acceptors (Lipinski definition) is 5. The van der Waals surface area contributed by atoms with E-state index in [2.05, 4.69) is 31.3 Å². The predicted octanol–water partition coefficient (Wildman–Crippen LogP) is 23.7. The molecule has 1 amide bonds. The summed E-state index contributed by atoms with van der Waals surface area (Å²) < 4.78 is 5.51. The van der Waals surface area contributed by atoms with E-state index in [4.69, 9.17) is 4.74 Å². The van der Waals surface area contributed by atoms with Gasteiger partial charge < -0.3 is 20.3 Å². The van der Waals surface area contributed by atoms with Gasteiger partial charge in [-0.05, 0) is 57.8 Å². The van der Waals surface area contributed by atoms with E-state index in [-0.39, 0.29) is 18.5 Å². The van der Waals surface area contributed by atoms with E-state index in [1.165, 1.54) is 347 Å². The van der Waals surface area contributed by atoms with Gasteiger partial charge in [-0.2, -0.15) is 0 Å². The van der Waals surface area contributed by atoms with E-state index in [0.717, 1.165) is 38.5 Å². The van der Waals surface area contributed by atoms with Crippen molar-refractivity contribution in [2.75, 3.05) is 13.2 Å². The van der Waals surface area contributed by atoms with Crippen LogP contribution < -0.4 is 5.32 Å². The minimum absolute atomic E-state index is 0.0183. The van der Waals surface area contributed by atoms with Crippen molar-refractivity contribution >= 4 is 11.9 Å². The van der Waals surface area contributed by atoms with Gasteiger partial charge >= 0.3 is 5.97 Å². The normalized spacial score (nSPS) is 12.6. The number of aliphatic hydroxyl groups is 2. The number of allylic oxidation sites excluding steroid dienone is 3. The van der Waals surface area contributed by atoms with Crippen LogP contribution >= 0.6 is 0 Å². The molecule has 2 unspecified atom stereocenters. The molecule has 2 atom stereocenters. The molecule has 0 fully saturated rings. The highest BCUT2D eigenvalue weighted by atomic mass is 16.5. The van der Waals surface area contributed by atoms with Crippen molar-refractivity contribution in [2.24, 2.45) is 0 Å². The summed E-state index contributed by atoms with van der Waals surface area (Å²) in [5, 5.41) is 23.2. The lowest BCUT2D eigenvalue weighted by atomic mass is 10.0. The van der Waals surface area contributed by atoms with Crippen LogP contribution in [0.3, 0.4) is 0 Å². The van der Waals surface area contributed by atoms with Crippen LogP contribution in [0.1, 0.15) is 412 Å². The second-order valence-electron chi connectivity index (χ2n) is 25.3. The van der Waals surface area contributed by atoms with Crippen molar-refractivity contribution in [1.82, 2.24) is 5.32 Å². The van der Waals surface area contributed by atoms with Gasteiger partial charge in [-0.3, -0.25) is 9.59 Å². The molecule has 0 aliphatic rings. The van der Waals surface area contributed by atoms with Crippen LogP contribution in [-0.2, 0) is 14.3 Å². The molecule has 0 bridgehead atoms. The first kappa shape index (κ1) is 78.3. The number of nitrogens with one attached hydrogen (secondary N) is 1. The van der Waals surface area contributed by atoms with Crippen molar-refractivity contribution in [3.63, 3.8) is 0 Å². The molecule has 0 radical (unpaired) electrons. The average molecular weight is 1130 g/mol. The summed E-state index contributed by atoms with van der Waals surface area (Å²) in [6, 6.07) is -0.631. The third kappa shape index (κ3) is 65.5. The van der Waals surface area contributed by atoms with Gasteiger partial charge in [0, 0.05) is 12.8 Å². The largest absolute Gasteiger partial charge is 0.466 e. The lowest BCUT2D eigenvalue weighted by Gasteiger charge is -2.20. The van der Waals surface area contributed by atoms with Gasteiger partial charge in [0.1, 0.15) is 0 Å². The summed E-state index contributed by atoms with van der Waals surface area (Å²) in [7, 11) is 0. The lowest BCUT2D eigenvalue weighted by molar-refractivity contribution is -0.143. The van der Waals surface area contributed by atoms with E-state index < -0.39 is 12.1 Å². The smallest absolute Gasteiger partial charge is 0.305 e. The highest BCUT2D eigenvalue weighted by molar-refractivity contribution is 5.76. The standard InChI is InChI=1S/C74H143NO5/c1-3-5-7-9-11-13-15-17-19-21-23-31-34-38-42-46-50-54-58-62-66-72(77)71(70-76)75-73(78)67-63-59-55-51-47-43-39-35-32-29-27-25-24-26-28-30-33-37-41-45-49-53-57-61-65-69-80-74(79)68-64-60-56-52-48-44-40-36-22-20-18-16-14-12-10-8-6-4-2/h25,27,62,66,71-72,76-77H,3-24,26,28-61,63-65,67-70H2,1-2H3,(H,75,78)/b27-25-,66-62+. The Morgan fingerprint density at radius 1 is 0.338 bits per heavy atom. The molecule has 0 aliphatic carbocycles. The van der Waals surface area contributed by atoms with Crippen molar-refractivity contribution in [3.05, 3.63) is 24.3 Å². The number of esters is 1. The summed E-state index contributed by atoms with van der Waals surface area (Å²) >= 11 is 0. The minimum atomic E-state index is -0.847. The van der Waals surface area contributed by atoms with Crippen LogP contribution in [0.4, 0.5) is 0 Å². The quantitative estimate of drug-likeness (QED) is 0.0320. The number of carbonyl (C=O) groups is 2. The second-order valence-corrected chi connectivity index (χ2v) is 25.3. The topological polar surface area (TPSA) is 95.9 Å². The van der Waals surface area contributed by atoms with E-state index in [0.29, 0.717) is 19.4 Å². The SMILES string of the molecule is CCCCCCCCCCCCCCCCCCCC/C=C/C(O)C(CO)NC(=O)CCCCCCCCCCC/C=C\CCCCCCCCCCCCCCOC(=O)CCCCCCCCCCCCCCCCCCCC. The van der Waals surface area contributed by atoms with Gasteiger partial charge in [-0.1, -0.05) is 366 Å². The second kappa shape index (κ2) is 69.8. The maximum Gasteiger partial charge on any atom is 0.305 e. The summed E-state index contributed by atoms with van der Waals surface area (Å²) in [5.74, 6) is -0.0487. The van der Waals surface area contributed by atoms with Gasteiger partial charge in [0.25, 0.3) is 0 Å². The van der Waals surface area contributed by atoms with E-state index >= 15 is 0 Å². The van der Waals surface area contributed by atoms with Gasteiger partial charge in [0.15, 0.2) is 0 Å². The molecule has 6 heteroatoms. The Kier molecular flexibility index (Phi) is 68.4. The lowest BCUT2D eigenvalue weighted by Crippen LogP contribution is -2.45. The number of ether oxygens (including phenoxy) is 1. The Labute approximate surface area is 501 Å². The molecule has 474 valence electrons. The van der Waals surface area contributed by atoms with Crippen LogP contribution in [0.5, 0.6) is 0 Å². The number of unbranched alkanes of at least 4 members (excludes halogenated alkanes) is 56. The summed E-state index contributed by atoms with van der Waals surface area (Å²) in [5.41, 5.74) is 0. The van der Waals surface area contributed by atoms with Crippen LogP contribution in [0.25, 0.3) is 0 Å². The summed E-state index contributed by atoms with van der Waals surface area (Å²) in [6.07, 6.45) is 88.3. The Balaban J connectivity index is 3.40. The molecule has 0 saturated carbocycles. The molecule has 0 aromatic carbocycles. The molecule has 0 aliphatic heterocycles. The van der Waals surface area contributed by atoms with Gasteiger partial charge in [-0.25, -0.2) is 0 Å². The molecule has 0 heterocycles. The molecule has 80 heavy (non-hydrogen) atoms. The molecule has 0 aromatic heterocycles. The summed E-state index contributed by atoms with van der Waals surface area (Å²) in [4.78, 5) is 24.6. The predicted molar refractivity (Wildman–Crippen MR) is 352 cm³/mol. The van der Waals surface area contributed by atoms with E-state index in [1.54, 1.807) is 6.08 Å². The molecular weight excluding hydrogens is 983 g/mol. The maximum atomic E-state index is 12.5. The van der Waals surface area contributed by atoms with Crippen LogP contribution in [0, 0.1) is 0 Å². The fourth-order valence-corrected chi connectivity index (χ4v) is 11.6. The number of aliphatic hydroxyl groups excluding tert-OH is 2. The van der Waals surface area contributed by atoms with Crippen molar-refractivity contribution in [2.45, 2.75) is 424 Å². The Morgan fingerprint density at radius 2 is 0.588 bits per heavy atom. The minimum Gasteiger partial charge on any atom is -0.466 e. The first-order valence-corrected chi connectivity index (χ1v) is 36.6. The molecule has 0 aromatic rings. The number of amides is 1. The number of carbonyl (C=O) groups excluding carboxylic acids is 2.